The molecule has 0 amide bonds. The zero-order chi connectivity index (χ0) is 41.5. The summed E-state index contributed by atoms with van der Waals surface area (Å²) in [6, 6.07) is 47.8. The predicted molar refractivity (Wildman–Crippen MR) is 227 cm³/mol. The second kappa shape index (κ2) is 12.6. The molecule has 0 radical (unpaired) electrons. The molecule has 256 valence electrons. The number of fused-ring (bicyclic) bond motifs is 9. The number of para-hydroxylation sites is 1. The third kappa shape index (κ3) is 5.26. The fraction of sp³-hybridized carbons (Fsp3) is 0. The first-order valence-corrected chi connectivity index (χ1v) is 18.0. The van der Waals surface area contributed by atoms with Crippen LogP contribution in [0.2, 0.25) is 0 Å². The molecule has 0 N–H and O–H groups in total. The number of furan rings is 1. The molecule has 9 aromatic carbocycles. The Labute approximate surface area is 325 Å². The number of rotatable bonds is 5. The topological polar surface area (TPSA) is 51.8 Å². The van der Waals surface area contributed by atoms with Gasteiger partial charge in [0.25, 0.3) is 0 Å². The maximum Gasteiger partial charge on any atom is 0.164 e. The summed E-state index contributed by atoms with van der Waals surface area (Å²) in [6.45, 7) is 0. The van der Waals surface area contributed by atoms with E-state index >= 15 is 0 Å². The number of aromatic nitrogens is 3. The van der Waals surface area contributed by atoms with Crippen LogP contribution in [-0.4, -0.2) is 15.0 Å². The Kier molecular flexibility index (Phi) is 5.85. The lowest BCUT2D eigenvalue weighted by molar-refractivity contribution is 0.670. The Morgan fingerprint density at radius 1 is 0.364 bits per heavy atom. The van der Waals surface area contributed by atoms with Crippen LogP contribution in [-0.2, 0) is 0 Å². The molecule has 0 unspecified atom stereocenters. The third-order valence-corrected chi connectivity index (χ3v) is 10.2. The van der Waals surface area contributed by atoms with Crippen LogP contribution in [0.25, 0.3) is 111 Å². The summed E-state index contributed by atoms with van der Waals surface area (Å²) in [4.78, 5) is 14.5. The lowest BCUT2D eigenvalue weighted by atomic mass is 9.92. The van der Waals surface area contributed by atoms with Crippen LogP contribution >= 0.6 is 0 Å². The Hall–Kier alpha value is -7.43. The van der Waals surface area contributed by atoms with E-state index in [1.165, 1.54) is 0 Å². The molecule has 11 aromatic rings. The maximum absolute atomic E-state index is 9.60. The Balaban J connectivity index is 1.14. The van der Waals surface area contributed by atoms with Crippen molar-refractivity contribution in [2.75, 3.05) is 0 Å². The van der Waals surface area contributed by atoms with Gasteiger partial charge in [-0.15, -0.1) is 0 Å². The van der Waals surface area contributed by atoms with Crippen molar-refractivity contribution in [3.8, 4) is 56.4 Å². The van der Waals surface area contributed by atoms with Gasteiger partial charge >= 0.3 is 0 Å². The van der Waals surface area contributed by atoms with Gasteiger partial charge in [-0.2, -0.15) is 0 Å². The van der Waals surface area contributed by atoms with Crippen molar-refractivity contribution in [3.63, 3.8) is 0 Å². The van der Waals surface area contributed by atoms with Gasteiger partial charge in [0.2, 0.25) is 0 Å². The van der Waals surface area contributed by atoms with Crippen LogP contribution in [0.4, 0.5) is 0 Å². The predicted octanol–water partition coefficient (Wildman–Crippen LogP) is 13.6. The molecule has 0 atom stereocenters. The summed E-state index contributed by atoms with van der Waals surface area (Å²) in [5.41, 5.74) is 4.34. The fourth-order valence-electron chi connectivity index (χ4n) is 7.57. The summed E-state index contributed by atoms with van der Waals surface area (Å²) < 4.78 is 62.2. The fourth-order valence-corrected chi connectivity index (χ4v) is 7.57. The van der Waals surface area contributed by atoms with Crippen molar-refractivity contribution < 1.29 is 12.6 Å². The normalized spacial score (nSPS) is 13.2. The minimum absolute atomic E-state index is 0.0177. The first-order valence-electron chi connectivity index (χ1n) is 21.0. The quantitative estimate of drug-likeness (QED) is 0.167. The molecule has 0 spiro atoms. The largest absolute Gasteiger partial charge is 0.455 e. The van der Waals surface area contributed by atoms with Crippen molar-refractivity contribution >= 4 is 54.3 Å². The third-order valence-electron chi connectivity index (χ3n) is 10.2. The minimum Gasteiger partial charge on any atom is -0.455 e. The molecule has 55 heavy (non-hydrogen) atoms. The van der Waals surface area contributed by atoms with Gasteiger partial charge < -0.3 is 4.42 Å². The van der Waals surface area contributed by atoms with Crippen LogP contribution in [0.3, 0.4) is 0 Å². The zero-order valence-electron chi connectivity index (χ0n) is 35.2. The molecule has 0 aliphatic carbocycles. The molecular weight excluding hydrogens is 671 g/mol. The van der Waals surface area contributed by atoms with E-state index in [0.29, 0.717) is 28.3 Å². The van der Waals surface area contributed by atoms with E-state index in [2.05, 4.69) is 24.3 Å². The van der Waals surface area contributed by atoms with E-state index in [0.717, 1.165) is 43.4 Å². The van der Waals surface area contributed by atoms with E-state index in [1.807, 2.05) is 127 Å². The molecule has 0 aliphatic heterocycles. The molecule has 4 heteroatoms. The molecule has 4 nitrogen and oxygen atoms in total. The maximum atomic E-state index is 9.60. The Morgan fingerprint density at radius 2 is 0.855 bits per heavy atom. The smallest absolute Gasteiger partial charge is 0.164 e. The van der Waals surface area contributed by atoms with Gasteiger partial charge in [0.05, 0.1) is 8.22 Å². The highest BCUT2D eigenvalue weighted by molar-refractivity contribution is 6.26. The van der Waals surface area contributed by atoms with E-state index in [1.54, 1.807) is 0 Å². The van der Waals surface area contributed by atoms with Gasteiger partial charge in [-0.1, -0.05) is 170 Å². The average Bonchev–Trinajstić information content (AvgIpc) is 3.72. The van der Waals surface area contributed by atoms with Crippen LogP contribution in [0.5, 0.6) is 0 Å². The number of hydrogen-bond acceptors (Lipinski definition) is 4. The van der Waals surface area contributed by atoms with Gasteiger partial charge in [-0.3, -0.25) is 0 Å². The molecule has 0 fully saturated rings. The summed E-state index contributed by atoms with van der Waals surface area (Å²) in [7, 11) is 0. The molecular formula is C51H31N3O. The summed E-state index contributed by atoms with van der Waals surface area (Å²) in [5.74, 6) is 0.667. The second-order valence-electron chi connectivity index (χ2n) is 13.5. The lowest BCUT2D eigenvalue weighted by Gasteiger charge is -2.12. The average molecular weight is 708 g/mol. The molecule has 2 aromatic heterocycles. The van der Waals surface area contributed by atoms with Crippen molar-refractivity contribution in [2.24, 2.45) is 0 Å². The SMILES string of the molecule is [2H]c1c([2H])c([2H])c2c(oc3c([2H])c(-c4nc(-c5ccccc5)nc(-c5ccc(-c6ccccc6)cc5)n4)c([2H])c([2H])c32)c1-c1ccc2c3ccccc3c3ccccc3c2c1. The van der Waals surface area contributed by atoms with E-state index in [9.17, 15) is 5.48 Å². The highest BCUT2D eigenvalue weighted by atomic mass is 16.3. The Bertz CT molecular complexity index is 3560. The highest BCUT2D eigenvalue weighted by Crippen LogP contribution is 2.41. The standard InChI is InChI=1S/C51H31N3O/c1-3-12-32(13-4-1)33-22-24-35(25-23-33)50-52-49(34-14-5-2-6-15-34)53-51(54-50)37-27-29-44-45-21-11-20-38(48(45)55-47(44)31-37)36-26-28-43-41-18-8-7-16-39(41)40-17-9-10-19-42(40)46(43)30-36/h1-31H/i11D,20D,21D,27D,29D,31D. The van der Waals surface area contributed by atoms with E-state index < -0.39 is 0 Å². The number of hydrogen-bond donors (Lipinski definition) is 0. The molecule has 2 heterocycles. The molecule has 0 saturated heterocycles. The summed E-state index contributed by atoms with van der Waals surface area (Å²) >= 11 is 0. The minimum atomic E-state index is -0.344. The van der Waals surface area contributed by atoms with Gasteiger partial charge in [-0.25, -0.2) is 15.0 Å². The zero-order valence-corrected chi connectivity index (χ0v) is 29.2. The van der Waals surface area contributed by atoms with Crippen LogP contribution in [0.1, 0.15) is 8.22 Å². The van der Waals surface area contributed by atoms with E-state index in [4.69, 9.17) is 22.1 Å². The lowest BCUT2D eigenvalue weighted by Crippen LogP contribution is -2.00. The van der Waals surface area contributed by atoms with Crippen molar-refractivity contribution in [3.05, 3.63) is 188 Å². The number of nitrogens with zero attached hydrogens (tertiary/aromatic N) is 3. The number of benzene rings is 9. The molecule has 0 bridgehead atoms. The second-order valence-corrected chi connectivity index (χ2v) is 13.5. The van der Waals surface area contributed by atoms with Crippen LogP contribution < -0.4 is 0 Å². The van der Waals surface area contributed by atoms with Crippen LogP contribution in [0, 0.1) is 0 Å². The molecule has 11 rings (SSSR count). The monoisotopic (exact) mass is 707 g/mol. The highest BCUT2D eigenvalue weighted by Gasteiger charge is 2.17. The first kappa shape index (κ1) is 25.5. The molecule has 0 saturated carbocycles. The molecule has 0 aliphatic rings. The van der Waals surface area contributed by atoms with Gasteiger partial charge in [0.1, 0.15) is 11.2 Å². The first-order chi connectivity index (χ1) is 29.8. The van der Waals surface area contributed by atoms with E-state index in [-0.39, 0.29) is 75.1 Å². The Morgan fingerprint density at radius 3 is 1.51 bits per heavy atom. The van der Waals surface area contributed by atoms with Gasteiger partial charge in [-0.05, 0) is 67.2 Å². The van der Waals surface area contributed by atoms with Crippen molar-refractivity contribution in [2.45, 2.75) is 0 Å². The summed E-state index contributed by atoms with van der Waals surface area (Å²) in [6.07, 6.45) is 0. The van der Waals surface area contributed by atoms with Crippen molar-refractivity contribution in [1.82, 2.24) is 15.0 Å². The van der Waals surface area contributed by atoms with Crippen molar-refractivity contribution in [1.29, 1.82) is 0 Å². The summed E-state index contributed by atoms with van der Waals surface area (Å²) in [5, 5.41) is 6.45. The van der Waals surface area contributed by atoms with Crippen LogP contribution in [0.15, 0.2) is 192 Å². The van der Waals surface area contributed by atoms with Gasteiger partial charge in [0, 0.05) is 33.0 Å². The van der Waals surface area contributed by atoms with Gasteiger partial charge in [0.15, 0.2) is 17.5 Å².